The third-order valence-electron chi connectivity index (χ3n) is 4.71. The highest BCUT2D eigenvalue weighted by Crippen LogP contribution is 2.34. The van der Waals surface area contributed by atoms with Gasteiger partial charge in [-0.1, -0.05) is 58.5 Å². The van der Waals surface area contributed by atoms with E-state index in [1.54, 1.807) is 66.7 Å². The first kappa shape index (κ1) is 23.1. The zero-order valence-electron chi connectivity index (χ0n) is 16.5. The maximum Gasteiger partial charge on any atom is 0.283 e. The molecule has 0 saturated heterocycles. The van der Waals surface area contributed by atoms with Crippen LogP contribution in [0.2, 0.25) is 15.1 Å². The van der Waals surface area contributed by atoms with Gasteiger partial charge in [0.15, 0.2) is 0 Å². The van der Waals surface area contributed by atoms with Crippen LogP contribution >= 0.6 is 46.4 Å². The number of nitrogens with one attached hydrogen (secondary N) is 2. The molecule has 4 rings (SSSR count). The Hall–Kier alpha value is -3.03. The summed E-state index contributed by atoms with van der Waals surface area (Å²) < 4.78 is 0. The van der Waals surface area contributed by atoms with Crippen molar-refractivity contribution in [1.29, 1.82) is 0 Å². The quantitative estimate of drug-likeness (QED) is 0.385. The van der Waals surface area contributed by atoms with Gasteiger partial charge in [-0.3, -0.25) is 14.4 Å². The highest BCUT2D eigenvalue weighted by molar-refractivity contribution is 6.53. The molecule has 0 radical (unpaired) electrons. The van der Waals surface area contributed by atoms with Crippen molar-refractivity contribution in [1.82, 2.24) is 0 Å². The van der Waals surface area contributed by atoms with Gasteiger partial charge in [0.25, 0.3) is 17.7 Å². The fourth-order valence-electron chi connectivity index (χ4n) is 3.09. The van der Waals surface area contributed by atoms with Gasteiger partial charge >= 0.3 is 0 Å². The third-order valence-corrected chi connectivity index (χ3v) is 6.12. The average Bonchev–Trinajstić information content (AvgIpc) is 3.00. The summed E-state index contributed by atoms with van der Waals surface area (Å²) in [5, 5.41) is 6.24. The first-order valence-corrected chi connectivity index (χ1v) is 10.9. The van der Waals surface area contributed by atoms with Crippen LogP contribution in [-0.2, 0) is 9.59 Å². The Labute approximate surface area is 208 Å². The van der Waals surface area contributed by atoms with Gasteiger partial charge in [-0.25, -0.2) is 4.90 Å². The summed E-state index contributed by atoms with van der Waals surface area (Å²) >= 11 is 24.1. The summed E-state index contributed by atoms with van der Waals surface area (Å²) in [6, 6.07) is 17.5. The van der Waals surface area contributed by atoms with E-state index in [1.807, 2.05) is 0 Å². The summed E-state index contributed by atoms with van der Waals surface area (Å²) in [5.74, 6) is -1.69. The topological polar surface area (TPSA) is 78.5 Å². The minimum atomic E-state index is -0.685. The molecule has 0 saturated carbocycles. The second-order valence-corrected chi connectivity index (χ2v) is 8.47. The lowest BCUT2D eigenvalue weighted by Gasteiger charge is -2.16. The van der Waals surface area contributed by atoms with E-state index in [1.165, 1.54) is 0 Å². The number of hydrogen-bond acceptors (Lipinski definition) is 4. The molecule has 3 aromatic rings. The molecule has 0 unspecified atom stereocenters. The molecular weight excluding hydrogens is 508 g/mol. The number of anilines is 3. The fraction of sp³-hybridized carbons (Fsp3) is 0. The number of carbonyl (C=O) groups is 3. The van der Waals surface area contributed by atoms with E-state index >= 15 is 0 Å². The van der Waals surface area contributed by atoms with Gasteiger partial charge in [0.2, 0.25) is 0 Å². The number of imide groups is 1. The Balaban J connectivity index is 1.49. The molecule has 0 fully saturated rings. The molecule has 10 heteroatoms. The number of carbonyl (C=O) groups excluding carboxylic acids is 3. The summed E-state index contributed by atoms with van der Waals surface area (Å²) in [4.78, 5) is 38.8. The van der Waals surface area contributed by atoms with Crippen LogP contribution in [-0.4, -0.2) is 17.7 Å². The van der Waals surface area contributed by atoms with E-state index in [4.69, 9.17) is 46.4 Å². The largest absolute Gasteiger partial charge is 0.350 e. The van der Waals surface area contributed by atoms with Gasteiger partial charge in [-0.15, -0.1) is 0 Å². The zero-order valence-corrected chi connectivity index (χ0v) is 19.6. The molecule has 0 bridgehead atoms. The Morgan fingerprint density at radius 2 is 1.39 bits per heavy atom. The first-order chi connectivity index (χ1) is 15.8. The molecule has 33 heavy (non-hydrogen) atoms. The van der Waals surface area contributed by atoms with Crippen LogP contribution in [0.15, 0.2) is 77.5 Å². The van der Waals surface area contributed by atoms with Crippen LogP contribution in [0.5, 0.6) is 0 Å². The first-order valence-electron chi connectivity index (χ1n) is 9.43. The van der Waals surface area contributed by atoms with Crippen molar-refractivity contribution in [3.8, 4) is 0 Å². The van der Waals surface area contributed by atoms with E-state index in [9.17, 15) is 14.4 Å². The fourth-order valence-corrected chi connectivity index (χ4v) is 3.82. The maximum atomic E-state index is 12.9. The van der Waals surface area contributed by atoms with Gasteiger partial charge in [0, 0.05) is 16.9 Å². The average molecular weight is 521 g/mol. The van der Waals surface area contributed by atoms with Crippen LogP contribution in [0, 0.1) is 0 Å². The second kappa shape index (κ2) is 9.45. The summed E-state index contributed by atoms with van der Waals surface area (Å²) in [5.41, 5.74) is 1.45. The molecule has 3 amide bonds. The molecule has 0 spiro atoms. The van der Waals surface area contributed by atoms with Crippen LogP contribution in [0.3, 0.4) is 0 Å². The molecule has 2 N–H and O–H groups in total. The normalized spacial score (nSPS) is 13.5. The number of hydrogen-bond donors (Lipinski definition) is 2. The summed E-state index contributed by atoms with van der Waals surface area (Å²) in [6.45, 7) is 0. The molecule has 1 aliphatic rings. The van der Waals surface area contributed by atoms with E-state index in [2.05, 4.69) is 10.6 Å². The molecule has 6 nitrogen and oxygen atoms in total. The number of halogens is 4. The van der Waals surface area contributed by atoms with Gasteiger partial charge in [-0.05, 0) is 54.6 Å². The lowest BCUT2D eigenvalue weighted by molar-refractivity contribution is -0.120. The van der Waals surface area contributed by atoms with Crippen molar-refractivity contribution in [2.75, 3.05) is 15.5 Å². The Morgan fingerprint density at radius 1 is 0.727 bits per heavy atom. The van der Waals surface area contributed by atoms with Gasteiger partial charge in [0.1, 0.15) is 10.7 Å². The Morgan fingerprint density at radius 3 is 2.06 bits per heavy atom. The van der Waals surface area contributed by atoms with Crippen LogP contribution < -0.4 is 15.5 Å². The Kier molecular flexibility index (Phi) is 6.63. The predicted octanol–water partition coefficient (Wildman–Crippen LogP) is 6.33. The van der Waals surface area contributed by atoms with Crippen molar-refractivity contribution < 1.29 is 14.4 Å². The van der Waals surface area contributed by atoms with Gasteiger partial charge < -0.3 is 10.6 Å². The van der Waals surface area contributed by atoms with Crippen molar-refractivity contribution in [3.05, 3.63) is 98.1 Å². The summed E-state index contributed by atoms with van der Waals surface area (Å²) in [7, 11) is 0. The number of benzene rings is 3. The molecule has 0 aliphatic carbocycles. The molecule has 0 atom stereocenters. The minimum Gasteiger partial charge on any atom is -0.350 e. The number of amides is 3. The molecule has 0 aromatic heterocycles. The molecular formula is C23H13Cl4N3O3. The lowest BCUT2D eigenvalue weighted by atomic mass is 10.2. The summed E-state index contributed by atoms with van der Waals surface area (Å²) in [6.07, 6.45) is 0. The van der Waals surface area contributed by atoms with Crippen molar-refractivity contribution in [2.24, 2.45) is 0 Å². The monoisotopic (exact) mass is 519 g/mol. The van der Waals surface area contributed by atoms with Gasteiger partial charge in [-0.2, -0.15) is 0 Å². The Bertz CT molecular complexity index is 1320. The SMILES string of the molecule is O=C(Nc1ccc(Cl)c(Cl)c1)c1ccc(NC2=C(Cl)C(=O)N(c3ccccc3Cl)C2=O)cc1. The molecule has 3 aromatic carbocycles. The molecule has 166 valence electrons. The van der Waals surface area contributed by atoms with Crippen molar-refractivity contribution in [3.63, 3.8) is 0 Å². The van der Waals surface area contributed by atoms with E-state index in [0.29, 0.717) is 27.0 Å². The molecule has 1 aliphatic heterocycles. The highest BCUT2D eigenvalue weighted by atomic mass is 35.5. The second-order valence-electron chi connectivity index (χ2n) is 6.87. The highest BCUT2D eigenvalue weighted by Gasteiger charge is 2.39. The number of nitrogens with zero attached hydrogens (tertiary/aromatic N) is 1. The van der Waals surface area contributed by atoms with Crippen molar-refractivity contribution >= 4 is 81.2 Å². The maximum absolute atomic E-state index is 12.9. The van der Waals surface area contributed by atoms with E-state index in [-0.39, 0.29) is 27.3 Å². The third kappa shape index (κ3) is 4.70. The van der Waals surface area contributed by atoms with Crippen molar-refractivity contribution in [2.45, 2.75) is 0 Å². The number of para-hydroxylation sites is 1. The van der Waals surface area contributed by atoms with E-state index in [0.717, 1.165) is 4.90 Å². The van der Waals surface area contributed by atoms with Crippen LogP contribution in [0.1, 0.15) is 10.4 Å². The number of rotatable bonds is 5. The molecule has 1 heterocycles. The standard InChI is InChI=1S/C23H13Cl4N3O3/c24-15-10-9-14(11-17(15)26)29-21(31)12-5-7-13(8-6-12)28-20-19(27)22(32)30(23(20)33)18-4-2-1-3-16(18)25/h1-11,28H,(H,29,31). The van der Waals surface area contributed by atoms with Crippen LogP contribution in [0.4, 0.5) is 17.1 Å². The smallest absolute Gasteiger partial charge is 0.283 e. The predicted molar refractivity (Wildman–Crippen MR) is 131 cm³/mol. The lowest BCUT2D eigenvalue weighted by Crippen LogP contribution is -2.32. The van der Waals surface area contributed by atoms with E-state index < -0.39 is 11.8 Å². The van der Waals surface area contributed by atoms with Crippen LogP contribution in [0.25, 0.3) is 0 Å². The zero-order chi connectivity index (χ0) is 23.7. The van der Waals surface area contributed by atoms with Gasteiger partial charge in [0.05, 0.1) is 20.8 Å². The minimum absolute atomic E-state index is 0.0883.